The van der Waals surface area contributed by atoms with Crippen molar-refractivity contribution in [2.75, 3.05) is 0 Å². The molecule has 1 heterocycles. The van der Waals surface area contributed by atoms with Gasteiger partial charge in [0.15, 0.2) is 0 Å². The van der Waals surface area contributed by atoms with Crippen molar-refractivity contribution in [2.24, 2.45) is 5.92 Å². The first-order chi connectivity index (χ1) is 7.34. The van der Waals surface area contributed by atoms with Gasteiger partial charge in [-0.1, -0.05) is 26.2 Å². The van der Waals surface area contributed by atoms with Gasteiger partial charge in [-0.2, -0.15) is 0 Å². The number of hydrogen-bond acceptors (Lipinski definition) is 2. The molecular formula is C13H24N2. The molecule has 5 unspecified atom stereocenters. The van der Waals surface area contributed by atoms with Crippen molar-refractivity contribution in [1.82, 2.24) is 10.6 Å². The fraction of sp³-hybridized carbons (Fsp3) is 1.00. The normalized spacial score (nSPS) is 50.6. The molecule has 0 aromatic heterocycles. The van der Waals surface area contributed by atoms with Gasteiger partial charge in [0.05, 0.1) is 0 Å². The lowest BCUT2D eigenvalue weighted by atomic mass is 9.76. The smallest absolute Gasteiger partial charge is 0.0250 e. The average molecular weight is 208 g/mol. The molecule has 0 aromatic rings. The Kier molecular flexibility index (Phi) is 2.73. The Balaban J connectivity index is 1.71. The van der Waals surface area contributed by atoms with Crippen LogP contribution in [0.2, 0.25) is 0 Å². The van der Waals surface area contributed by atoms with E-state index in [2.05, 4.69) is 17.6 Å². The zero-order valence-corrected chi connectivity index (χ0v) is 9.84. The molecule has 0 amide bonds. The molecule has 5 atom stereocenters. The summed E-state index contributed by atoms with van der Waals surface area (Å²) in [7, 11) is 0. The zero-order valence-electron chi connectivity index (χ0n) is 9.84. The molecule has 2 N–H and O–H groups in total. The van der Waals surface area contributed by atoms with Gasteiger partial charge in [-0.15, -0.1) is 0 Å². The highest BCUT2D eigenvalue weighted by Crippen LogP contribution is 2.31. The molecule has 0 spiro atoms. The molecule has 86 valence electrons. The van der Waals surface area contributed by atoms with Gasteiger partial charge in [0.25, 0.3) is 0 Å². The van der Waals surface area contributed by atoms with Gasteiger partial charge in [0.1, 0.15) is 0 Å². The van der Waals surface area contributed by atoms with Gasteiger partial charge in [-0.05, 0) is 31.6 Å². The Morgan fingerprint density at radius 2 is 1.40 bits per heavy atom. The predicted octanol–water partition coefficient (Wildman–Crippen LogP) is 2.05. The fourth-order valence-electron chi connectivity index (χ4n) is 3.93. The van der Waals surface area contributed by atoms with Crippen LogP contribution in [0.25, 0.3) is 0 Å². The Morgan fingerprint density at radius 3 is 2.20 bits per heavy atom. The van der Waals surface area contributed by atoms with Crippen molar-refractivity contribution in [3.63, 3.8) is 0 Å². The van der Waals surface area contributed by atoms with Gasteiger partial charge in [-0.25, -0.2) is 0 Å². The highest BCUT2D eigenvalue weighted by molar-refractivity contribution is 5.02. The first-order valence-electron chi connectivity index (χ1n) is 6.87. The summed E-state index contributed by atoms with van der Waals surface area (Å²) in [5, 5.41) is 7.87. The summed E-state index contributed by atoms with van der Waals surface area (Å²) < 4.78 is 0. The quantitative estimate of drug-likeness (QED) is 0.636. The molecule has 0 bridgehead atoms. The Bertz CT molecular complexity index is 229. The van der Waals surface area contributed by atoms with Crippen LogP contribution in [0.15, 0.2) is 0 Å². The van der Waals surface area contributed by atoms with Crippen LogP contribution in [0.5, 0.6) is 0 Å². The van der Waals surface area contributed by atoms with Gasteiger partial charge in [0, 0.05) is 24.2 Å². The summed E-state index contributed by atoms with van der Waals surface area (Å²) in [6, 6.07) is 3.09. The molecule has 15 heavy (non-hydrogen) atoms. The van der Waals surface area contributed by atoms with E-state index in [4.69, 9.17) is 0 Å². The third kappa shape index (κ3) is 1.83. The van der Waals surface area contributed by atoms with Crippen LogP contribution in [0, 0.1) is 5.92 Å². The molecule has 1 aliphatic heterocycles. The van der Waals surface area contributed by atoms with Crippen molar-refractivity contribution >= 4 is 0 Å². The lowest BCUT2D eigenvalue weighted by Gasteiger charge is -2.50. The van der Waals surface area contributed by atoms with Crippen molar-refractivity contribution in [2.45, 2.75) is 76.0 Å². The monoisotopic (exact) mass is 208 g/mol. The summed E-state index contributed by atoms with van der Waals surface area (Å²) in [5.74, 6) is 0.874. The average Bonchev–Trinajstić information content (AvgIpc) is 2.27. The lowest BCUT2D eigenvalue weighted by molar-refractivity contribution is 0.107. The number of rotatable bonds is 0. The number of nitrogens with one attached hydrogen (secondary N) is 2. The van der Waals surface area contributed by atoms with Crippen LogP contribution >= 0.6 is 0 Å². The van der Waals surface area contributed by atoms with Crippen molar-refractivity contribution in [3.8, 4) is 0 Å². The van der Waals surface area contributed by atoms with Gasteiger partial charge < -0.3 is 10.6 Å². The summed E-state index contributed by atoms with van der Waals surface area (Å²) in [4.78, 5) is 0. The van der Waals surface area contributed by atoms with E-state index in [1.54, 1.807) is 0 Å². The van der Waals surface area contributed by atoms with E-state index < -0.39 is 0 Å². The maximum atomic E-state index is 3.94. The minimum absolute atomic E-state index is 0.762. The third-order valence-electron chi connectivity index (χ3n) is 4.82. The van der Waals surface area contributed by atoms with Crippen molar-refractivity contribution in [1.29, 1.82) is 0 Å². The number of fused-ring (bicyclic) bond motifs is 2. The van der Waals surface area contributed by atoms with E-state index in [9.17, 15) is 0 Å². The molecular weight excluding hydrogens is 184 g/mol. The van der Waals surface area contributed by atoms with Crippen LogP contribution in [-0.2, 0) is 0 Å². The van der Waals surface area contributed by atoms with Crippen LogP contribution in [0.3, 0.4) is 0 Å². The molecule has 1 saturated heterocycles. The number of piperazine rings is 1. The summed E-state index contributed by atoms with van der Waals surface area (Å²) in [6.07, 6.45) is 9.90. The first-order valence-corrected chi connectivity index (χ1v) is 6.87. The highest BCUT2D eigenvalue weighted by atomic mass is 15.2. The van der Waals surface area contributed by atoms with E-state index in [1.165, 1.54) is 44.9 Å². The van der Waals surface area contributed by atoms with Gasteiger partial charge >= 0.3 is 0 Å². The molecule has 3 fully saturated rings. The maximum Gasteiger partial charge on any atom is 0.0250 e. The largest absolute Gasteiger partial charge is 0.308 e. The summed E-state index contributed by atoms with van der Waals surface area (Å²) >= 11 is 0. The Hall–Kier alpha value is -0.0800. The van der Waals surface area contributed by atoms with Crippen molar-refractivity contribution in [3.05, 3.63) is 0 Å². The topological polar surface area (TPSA) is 24.1 Å². The third-order valence-corrected chi connectivity index (χ3v) is 4.82. The zero-order chi connectivity index (χ0) is 10.3. The molecule has 0 aromatic carbocycles. The molecule has 2 saturated carbocycles. The van der Waals surface area contributed by atoms with E-state index in [-0.39, 0.29) is 0 Å². The molecule has 2 aliphatic carbocycles. The Morgan fingerprint density at radius 1 is 0.733 bits per heavy atom. The summed E-state index contributed by atoms with van der Waals surface area (Å²) in [5.41, 5.74) is 0. The molecule has 0 radical (unpaired) electrons. The molecule has 2 nitrogen and oxygen atoms in total. The second-order valence-electron chi connectivity index (χ2n) is 5.87. The van der Waals surface area contributed by atoms with Crippen LogP contribution < -0.4 is 10.6 Å². The predicted molar refractivity (Wildman–Crippen MR) is 62.9 cm³/mol. The van der Waals surface area contributed by atoms with Crippen LogP contribution in [-0.4, -0.2) is 24.2 Å². The lowest BCUT2D eigenvalue weighted by Crippen LogP contribution is -2.68. The standard InChI is InChI=1S/C13H24N2/c1-9-5-4-8-12-13(9)15-11-7-3-2-6-10(11)14-12/h9-15H,2-8H2,1H3. The van der Waals surface area contributed by atoms with E-state index in [1.807, 2.05) is 0 Å². The SMILES string of the molecule is CC1CCCC2NC3CCCCC3NC12. The Labute approximate surface area is 93.2 Å². The second-order valence-corrected chi connectivity index (χ2v) is 5.87. The molecule has 3 rings (SSSR count). The molecule has 2 heteroatoms. The maximum absolute atomic E-state index is 3.94. The van der Waals surface area contributed by atoms with Crippen LogP contribution in [0.4, 0.5) is 0 Å². The van der Waals surface area contributed by atoms with E-state index in [0.29, 0.717) is 0 Å². The summed E-state index contributed by atoms with van der Waals surface area (Å²) in [6.45, 7) is 2.43. The highest BCUT2D eigenvalue weighted by Gasteiger charge is 2.40. The number of hydrogen-bond donors (Lipinski definition) is 2. The van der Waals surface area contributed by atoms with E-state index in [0.717, 1.165) is 30.1 Å². The fourth-order valence-corrected chi connectivity index (χ4v) is 3.93. The van der Waals surface area contributed by atoms with E-state index >= 15 is 0 Å². The second kappa shape index (κ2) is 4.06. The van der Waals surface area contributed by atoms with Gasteiger partial charge in [-0.3, -0.25) is 0 Å². The van der Waals surface area contributed by atoms with Crippen molar-refractivity contribution < 1.29 is 0 Å². The first kappa shape index (κ1) is 10.1. The van der Waals surface area contributed by atoms with Gasteiger partial charge in [0.2, 0.25) is 0 Å². The minimum atomic E-state index is 0.762. The van der Waals surface area contributed by atoms with Crippen LogP contribution in [0.1, 0.15) is 51.9 Å². The minimum Gasteiger partial charge on any atom is -0.308 e. The molecule has 3 aliphatic rings.